The molecular weight excluding hydrogens is 465 g/mol. The molecule has 2 aromatic carbocycles. The Morgan fingerprint density at radius 3 is 2.31 bits per heavy atom. The SMILES string of the molecule is O=C(NCC(=O)N(c1ccccc1)[C@H](C(=O)NC1CCCCC1)c1ccc(F)cc1)c1cccs1. The molecule has 0 spiro atoms. The number of hydrogen-bond acceptors (Lipinski definition) is 4. The van der Waals surface area contributed by atoms with Crippen molar-refractivity contribution in [3.8, 4) is 0 Å². The molecule has 1 aromatic heterocycles. The molecule has 35 heavy (non-hydrogen) atoms. The van der Waals surface area contributed by atoms with Gasteiger partial charge in [0, 0.05) is 11.7 Å². The van der Waals surface area contributed by atoms with E-state index in [1.54, 1.807) is 41.8 Å². The first-order valence-corrected chi connectivity index (χ1v) is 12.7. The van der Waals surface area contributed by atoms with Gasteiger partial charge in [-0.25, -0.2) is 4.39 Å². The number of anilines is 1. The molecule has 0 radical (unpaired) electrons. The highest BCUT2D eigenvalue weighted by Crippen LogP contribution is 2.29. The van der Waals surface area contributed by atoms with Crippen molar-refractivity contribution < 1.29 is 18.8 Å². The van der Waals surface area contributed by atoms with Gasteiger partial charge in [-0.3, -0.25) is 19.3 Å². The van der Waals surface area contributed by atoms with Crippen LogP contribution in [0.25, 0.3) is 0 Å². The van der Waals surface area contributed by atoms with Crippen LogP contribution >= 0.6 is 11.3 Å². The number of carbonyl (C=O) groups is 3. The van der Waals surface area contributed by atoms with Gasteiger partial charge >= 0.3 is 0 Å². The number of nitrogens with one attached hydrogen (secondary N) is 2. The number of carbonyl (C=O) groups excluding carboxylic acids is 3. The zero-order valence-electron chi connectivity index (χ0n) is 19.3. The number of nitrogens with zero attached hydrogens (tertiary/aromatic N) is 1. The predicted octanol–water partition coefficient (Wildman–Crippen LogP) is 4.84. The molecule has 0 bridgehead atoms. The highest BCUT2D eigenvalue weighted by molar-refractivity contribution is 7.12. The Kier molecular flexibility index (Phi) is 8.26. The number of amides is 3. The van der Waals surface area contributed by atoms with E-state index in [2.05, 4.69) is 10.6 Å². The fraction of sp³-hybridized carbons (Fsp3) is 0.296. The number of rotatable bonds is 8. The summed E-state index contributed by atoms with van der Waals surface area (Å²) in [5, 5.41) is 7.56. The standard InChI is InChI=1S/C27H28FN3O3S/c28-20-15-13-19(14-16-20)25(27(34)30-21-8-3-1-4-9-21)31(22-10-5-2-6-11-22)24(32)18-29-26(33)23-12-7-17-35-23/h2,5-7,10-17,21,25H,1,3-4,8-9,18H2,(H,29,33)(H,30,34)/t25-/m0/s1. The van der Waals surface area contributed by atoms with Crippen LogP contribution in [0.15, 0.2) is 72.1 Å². The summed E-state index contributed by atoms with van der Waals surface area (Å²) in [6.07, 6.45) is 5.01. The summed E-state index contributed by atoms with van der Waals surface area (Å²) in [7, 11) is 0. The van der Waals surface area contributed by atoms with Crippen LogP contribution in [0.1, 0.15) is 53.4 Å². The summed E-state index contributed by atoms with van der Waals surface area (Å²) in [6.45, 7) is -0.292. The highest BCUT2D eigenvalue weighted by Gasteiger charge is 2.34. The summed E-state index contributed by atoms with van der Waals surface area (Å²) < 4.78 is 13.7. The summed E-state index contributed by atoms with van der Waals surface area (Å²) in [6, 6.07) is 16.9. The molecule has 6 nitrogen and oxygen atoms in total. The monoisotopic (exact) mass is 493 g/mol. The molecule has 0 saturated heterocycles. The van der Waals surface area contributed by atoms with Crippen molar-refractivity contribution in [3.05, 3.63) is 88.4 Å². The van der Waals surface area contributed by atoms with Crippen molar-refractivity contribution in [2.45, 2.75) is 44.2 Å². The van der Waals surface area contributed by atoms with Gasteiger partial charge in [-0.15, -0.1) is 11.3 Å². The van der Waals surface area contributed by atoms with E-state index >= 15 is 0 Å². The van der Waals surface area contributed by atoms with Crippen LogP contribution in [-0.4, -0.2) is 30.3 Å². The second kappa shape index (κ2) is 11.8. The average molecular weight is 494 g/mol. The van der Waals surface area contributed by atoms with Crippen LogP contribution < -0.4 is 15.5 Å². The zero-order chi connectivity index (χ0) is 24.6. The largest absolute Gasteiger partial charge is 0.351 e. The van der Waals surface area contributed by atoms with E-state index in [0.717, 1.165) is 32.1 Å². The number of thiophene rings is 1. The van der Waals surface area contributed by atoms with Gasteiger partial charge in [-0.2, -0.15) is 0 Å². The lowest BCUT2D eigenvalue weighted by Crippen LogP contribution is -2.49. The van der Waals surface area contributed by atoms with Crippen molar-refractivity contribution in [2.75, 3.05) is 11.4 Å². The second-order valence-electron chi connectivity index (χ2n) is 8.56. The van der Waals surface area contributed by atoms with Crippen LogP contribution in [-0.2, 0) is 9.59 Å². The maximum Gasteiger partial charge on any atom is 0.261 e. The lowest BCUT2D eigenvalue weighted by molar-refractivity contribution is -0.127. The summed E-state index contributed by atoms with van der Waals surface area (Å²) in [5.41, 5.74) is 0.998. The third kappa shape index (κ3) is 6.33. The quantitative estimate of drug-likeness (QED) is 0.471. The van der Waals surface area contributed by atoms with Gasteiger partial charge in [0.05, 0.1) is 11.4 Å². The molecule has 3 amide bonds. The van der Waals surface area contributed by atoms with Crippen LogP contribution in [0, 0.1) is 5.82 Å². The molecule has 1 atom stereocenters. The first kappa shape index (κ1) is 24.6. The van der Waals surface area contributed by atoms with Gasteiger partial charge in [0.25, 0.3) is 5.91 Å². The number of benzene rings is 2. The fourth-order valence-electron chi connectivity index (χ4n) is 4.35. The van der Waals surface area contributed by atoms with Gasteiger partial charge in [-0.05, 0) is 54.1 Å². The topological polar surface area (TPSA) is 78.5 Å². The van der Waals surface area contributed by atoms with Crippen molar-refractivity contribution in [1.29, 1.82) is 0 Å². The molecule has 182 valence electrons. The van der Waals surface area contributed by atoms with Crippen molar-refractivity contribution in [3.63, 3.8) is 0 Å². The molecule has 1 aliphatic rings. The highest BCUT2D eigenvalue weighted by atomic mass is 32.1. The lowest BCUT2D eigenvalue weighted by Gasteiger charge is -2.33. The van der Waals surface area contributed by atoms with Crippen LogP contribution in [0.3, 0.4) is 0 Å². The maximum atomic E-state index is 13.7. The predicted molar refractivity (Wildman–Crippen MR) is 135 cm³/mol. The molecule has 0 unspecified atom stereocenters. The minimum atomic E-state index is -1.02. The van der Waals surface area contributed by atoms with Gasteiger partial charge < -0.3 is 10.6 Å². The van der Waals surface area contributed by atoms with E-state index in [4.69, 9.17) is 0 Å². The second-order valence-corrected chi connectivity index (χ2v) is 9.50. The Hall–Kier alpha value is -3.52. The molecular formula is C27H28FN3O3S. The Morgan fingerprint density at radius 2 is 1.66 bits per heavy atom. The molecule has 3 aromatic rings. The number of para-hydroxylation sites is 1. The van der Waals surface area contributed by atoms with Crippen molar-refractivity contribution in [1.82, 2.24) is 10.6 Å². The number of halogens is 1. The average Bonchev–Trinajstić information content (AvgIpc) is 3.43. The van der Waals surface area contributed by atoms with E-state index in [1.807, 2.05) is 6.07 Å². The Balaban J connectivity index is 1.65. The summed E-state index contributed by atoms with van der Waals surface area (Å²) in [5.74, 6) is -1.56. The van der Waals surface area contributed by atoms with Crippen LogP contribution in [0.5, 0.6) is 0 Å². The zero-order valence-corrected chi connectivity index (χ0v) is 20.1. The van der Waals surface area contributed by atoms with Gasteiger partial charge in [-0.1, -0.05) is 55.7 Å². The Morgan fingerprint density at radius 1 is 0.943 bits per heavy atom. The number of hydrogen-bond donors (Lipinski definition) is 2. The molecule has 1 fully saturated rings. The lowest BCUT2D eigenvalue weighted by atomic mass is 9.94. The van der Waals surface area contributed by atoms with Crippen molar-refractivity contribution in [2.24, 2.45) is 0 Å². The first-order valence-electron chi connectivity index (χ1n) is 11.8. The Bertz CT molecular complexity index is 1130. The van der Waals surface area contributed by atoms with E-state index < -0.39 is 17.8 Å². The summed E-state index contributed by atoms with van der Waals surface area (Å²) >= 11 is 1.28. The molecule has 1 aliphatic carbocycles. The summed E-state index contributed by atoms with van der Waals surface area (Å²) in [4.78, 5) is 41.5. The van der Waals surface area contributed by atoms with E-state index in [9.17, 15) is 18.8 Å². The maximum absolute atomic E-state index is 13.7. The van der Waals surface area contributed by atoms with E-state index in [0.29, 0.717) is 16.1 Å². The third-order valence-electron chi connectivity index (χ3n) is 6.09. The molecule has 0 aliphatic heterocycles. The van der Waals surface area contributed by atoms with Crippen LogP contribution in [0.4, 0.5) is 10.1 Å². The van der Waals surface area contributed by atoms with Gasteiger partial charge in [0.1, 0.15) is 11.9 Å². The molecule has 1 heterocycles. The first-order chi connectivity index (χ1) is 17.0. The van der Waals surface area contributed by atoms with E-state index in [1.165, 1.54) is 40.5 Å². The molecule has 4 rings (SSSR count). The molecule has 8 heteroatoms. The van der Waals surface area contributed by atoms with Gasteiger partial charge in [0.2, 0.25) is 11.8 Å². The molecule has 1 saturated carbocycles. The minimum Gasteiger partial charge on any atom is -0.351 e. The normalized spacial score (nSPS) is 14.7. The van der Waals surface area contributed by atoms with Gasteiger partial charge in [0.15, 0.2) is 0 Å². The van der Waals surface area contributed by atoms with Crippen LogP contribution in [0.2, 0.25) is 0 Å². The fourth-order valence-corrected chi connectivity index (χ4v) is 4.99. The molecule has 2 N–H and O–H groups in total. The third-order valence-corrected chi connectivity index (χ3v) is 6.96. The smallest absolute Gasteiger partial charge is 0.261 e. The minimum absolute atomic E-state index is 0.0328. The van der Waals surface area contributed by atoms with Crippen molar-refractivity contribution >= 4 is 34.7 Å². The Labute approximate surface area is 208 Å². The van der Waals surface area contributed by atoms with E-state index in [-0.39, 0.29) is 24.4 Å².